The first kappa shape index (κ1) is 44.0. The molecule has 0 fully saturated rings. The second kappa shape index (κ2) is 19.5. The molecule has 0 N–H and O–H groups in total. The van der Waals surface area contributed by atoms with Crippen molar-refractivity contribution in [2.24, 2.45) is 9.98 Å². The number of sulfonamides is 1. The quantitative estimate of drug-likeness (QED) is 0.118. The van der Waals surface area contributed by atoms with Gasteiger partial charge >= 0.3 is 0 Å². The molecule has 294 valence electrons. The van der Waals surface area contributed by atoms with Gasteiger partial charge in [0.2, 0.25) is 0 Å². The summed E-state index contributed by atoms with van der Waals surface area (Å²) in [5.41, 5.74) is 15.9. The number of aromatic nitrogens is 1. The van der Waals surface area contributed by atoms with Crippen LogP contribution in [0, 0.1) is 6.92 Å². The predicted octanol–water partition coefficient (Wildman–Crippen LogP) is 12.7. The van der Waals surface area contributed by atoms with E-state index in [9.17, 15) is 8.42 Å². The van der Waals surface area contributed by atoms with E-state index in [-0.39, 0.29) is 28.5 Å². The molecule has 0 spiro atoms. The molecule has 0 saturated carbocycles. The molecule has 3 aromatic carbocycles. The molecule has 1 aromatic heterocycles. The number of benzene rings is 3. The second-order valence-electron chi connectivity index (χ2n) is 15.9. The number of nitrogens with zero attached hydrogens (tertiary/aromatic N) is 4. The van der Waals surface area contributed by atoms with Crippen molar-refractivity contribution in [3.63, 3.8) is 0 Å². The Bertz CT molecular complexity index is 1970. The number of aliphatic imine (C=N–C) groups is 2. The van der Waals surface area contributed by atoms with Crippen LogP contribution < -0.4 is 0 Å². The molecule has 0 amide bonds. The maximum Gasteiger partial charge on any atom is 0.101 e. The van der Waals surface area contributed by atoms with Gasteiger partial charge in [0.25, 0.3) is 0 Å². The minimum atomic E-state index is -3.49. The molecule has 8 heteroatoms. The van der Waals surface area contributed by atoms with E-state index in [0.717, 1.165) is 78.3 Å². The van der Waals surface area contributed by atoms with Crippen LogP contribution in [0.15, 0.2) is 94.3 Å². The topological polar surface area (TPSA) is 85.9 Å². The van der Waals surface area contributed by atoms with Crippen LogP contribution in [-0.2, 0) is 39.9 Å². The monoisotopic (exact) mass is 799 g/mol. The summed E-state index contributed by atoms with van der Waals surface area (Å²) in [6.07, 6.45) is 7.83. The van der Waals surface area contributed by atoms with E-state index >= 15 is 0 Å². The Morgan fingerprint density at radius 2 is 1.07 bits per heavy atom. The number of hydrogen-bond donors (Lipinski definition) is 0. The Balaban J connectivity index is 0.000000380. The predicted molar refractivity (Wildman–Crippen MR) is 229 cm³/mol. The summed E-state index contributed by atoms with van der Waals surface area (Å²) in [5, 5.41) is 0. The van der Waals surface area contributed by atoms with E-state index in [0.29, 0.717) is 23.7 Å². The summed E-state index contributed by atoms with van der Waals surface area (Å²) in [7, 11) is -3.49. The molecule has 6 rings (SSSR count). The van der Waals surface area contributed by atoms with Gasteiger partial charge in [0.05, 0.1) is 34.2 Å². The first-order valence-electron chi connectivity index (χ1n) is 19.8. The summed E-state index contributed by atoms with van der Waals surface area (Å²) in [5.74, 6) is 1.69. The average Bonchev–Trinajstić information content (AvgIpc) is 3.13. The Kier molecular flexibility index (Phi) is 15.6. The van der Waals surface area contributed by atoms with Crippen LogP contribution in [0.3, 0.4) is 0 Å². The molecule has 0 unspecified atom stereocenters. The summed E-state index contributed by atoms with van der Waals surface area (Å²) >= 11 is 0. The maximum atomic E-state index is 11.5. The Labute approximate surface area is 342 Å². The zero-order valence-corrected chi connectivity index (χ0v) is 36.2. The first-order valence-corrected chi connectivity index (χ1v) is 21.2. The third-order valence-corrected chi connectivity index (χ3v) is 11.7. The molecule has 4 aromatic rings. The largest absolute Gasteiger partial charge is 0.541 e. The van der Waals surface area contributed by atoms with Crippen molar-refractivity contribution < 1.29 is 25.5 Å². The van der Waals surface area contributed by atoms with E-state index < -0.39 is 10.0 Å². The molecule has 1 heterocycles. The zero-order valence-electron chi connectivity index (χ0n) is 34.3. The third-order valence-electron chi connectivity index (χ3n) is 10.3. The summed E-state index contributed by atoms with van der Waals surface area (Å²) in [4.78, 5) is 16.6. The van der Waals surface area contributed by atoms with Gasteiger partial charge in [0.1, 0.15) is 10.0 Å². The van der Waals surface area contributed by atoms with Gasteiger partial charge in [-0.1, -0.05) is 116 Å². The van der Waals surface area contributed by atoms with Crippen LogP contribution in [0.4, 0.5) is 11.4 Å². The van der Waals surface area contributed by atoms with Gasteiger partial charge in [-0.15, -0.1) is 19.2 Å². The van der Waals surface area contributed by atoms with E-state index in [1.54, 1.807) is 24.3 Å². The summed E-state index contributed by atoms with van der Waals surface area (Å²) in [6.45, 7) is 23.6. The normalized spacial score (nSPS) is 15.5. The Hall–Kier alpha value is -3.68. The fraction of sp³-hybridized carbons (Fsp3) is 0.426. The van der Waals surface area contributed by atoms with Gasteiger partial charge < -0.3 is 4.72 Å². The maximum absolute atomic E-state index is 11.5. The minimum Gasteiger partial charge on any atom is -0.541 e. The van der Waals surface area contributed by atoms with Gasteiger partial charge in [-0.2, -0.15) is 0 Å². The smallest absolute Gasteiger partial charge is 0.101 e. The van der Waals surface area contributed by atoms with Gasteiger partial charge in [-0.3, -0.25) is 9.98 Å². The van der Waals surface area contributed by atoms with E-state index in [4.69, 9.17) is 15.0 Å². The van der Waals surface area contributed by atoms with Crippen LogP contribution >= 0.6 is 0 Å². The molecule has 2 aliphatic rings. The molecule has 2 aliphatic carbocycles. The molecule has 0 radical (unpaired) electrons. The fourth-order valence-electron chi connectivity index (χ4n) is 7.32. The van der Waals surface area contributed by atoms with Gasteiger partial charge in [-0.25, -0.2) is 13.4 Å². The standard InChI is InChI=1S/C37H47N3.C10H12NO2S.Fe/c1-22(2)28-15-11-16-29(23(3)4)36(28)38-32-19-9-13-26-21-27-14-10-20-33(35(27)40-34(26)32)39-37-30(24(5)6)17-12-18-31(37)25(7)8;1-3-8-11-14(12,13)10-6-4-9(2)5-7-10;/h11-12,15-18,21-25H,9-10,13-14,19-20H2,1-8H3;3-7H,1,8H2,2H3;/q;-1;. The summed E-state index contributed by atoms with van der Waals surface area (Å²) in [6, 6.07) is 22.4. The molecule has 0 saturated heterocycles. The molecule has 0 aliphatic heterocycles. The van der Waals surface area contributed by atoms with Crippen molar-refractivity contribution in [1.82, 2.24) is 4.98 Å². The average molecular weight is 800 g/mol. The Morgan fingerprint density at radius 1 is 0.673 bits per heavy atom. The van der Waals surface area contributed by atoms with Crippen molar-refractivity contribution in [2.75, 3.05) is 6.54 Å². The van der Waals surface area contributed by atoms with Crippen LogP contribution in [0.5, 0.6) is 0 Å². The fourth-order valence-corrected chi connectivity index (χ4v) is 8.25. The second-order valence-corrected chi connectivity index (χ2v) is 17.6. The molecule has 0 bridgehead atoms. The SMILES string of the molecule is C=CC[N-]S(=O)(=O)c1ccc(C)cc1.CC(C)c1cccc(C(C)C)c1N=C1CCCc2cc3c(nc21)C(=Nc1c(C(C)C)cccc1C(C)C)CCC3.[Fe]. The molecule has 0 atom stereocenters. The molecular formula is C47H59FeN4O2S-. The molecule has 55 heavy (non-hydrogen) atoms. The van der Waals surface area contributed by atoms with Crippen molar-refractivity contribution in [3.8, 4) is 0 Å². The third kappa shape index (κ3) is 10.6. The number of para-hydroxylation sites is 2. The van der Waals surface area contributed by atoms with E-state index in [2.05, 4.69) is 109 Å². The van der Waals surface area contributed by atoms with Gasteiger partial charge in [0.15, 0.2) is 0 Å². The van der Waals surface area contributed by atoms with Crippen molar-refractivity contribution >= 4 is 32.8 Å². The van der Waals surface area contributed by atoms with Crippen LogP contribution in [-0.4, -0.2) is 31.4 Å². The number of fused-ring (bicyclic) bond motifs is 2. The van der Waals surface area contributed by atoms with Crippen LogP contribution in [0.1, 0.15) is 155 Å². The molecular weight excluding hydrogens is 740 g/mol. The van der Waals surface area contributed by atoms with Gasteiger partial charge in [-0.05, 0) is 115 Å². The van der Waals surface area contributed by atoms with Crippen molar-refractivity contribution in [3.05, 3.63) is 134 Å². The minimum absolute atomic E-state index is 0. The first-order chi connectivity index (χ1) is 25.7. The van der Waals surface area contributed by atoms with E-state index in [1.807, 2.05) is 6.92 Å². The van der Waals surface area contributed by atoms with Crippen LogP contribution in [0.25, 0.3) is 4.72 Å². The Morgan fingerprint density at radius 3 is 1.44 bits per heavy atom. The van der Waals surface area contributed by atoms with Crippen molar-refractivity contribution in [2.45, 2.75) is 129 Å². The number of rotatable bonds is 10. The van der Waals surface area contributed by atoms with Crippen molar-refractivity contribution in [1.29, 1.82) is 0 Å². The van der Waals surface area contributed by atoms with Gasteiger partial charge in [0, 0.05) is 22.0 Å². The number of aryl methyl sites for hydroxylation is 3. The van der Waals surface area contributed by atoms with E-state index in [1.165, 1.54) is 39.5 Å². The molecule has 6 nitrogen and oxygen atoms in total. The zero-order chi connectivity index (χ0) is 39.2. The number of pyridine rings is 1. The summed E-state index contributed by atoms with van der Waals surface area (Å²) < 4.78 is 26.5. The van der Waals surface area contributed by atoms with Crippen LogP contribution in [0.2, 0.25) is 0 Å². The number of hydrogen-bond acceptors (Lipinski definition) is 5.